The van der Waals surface area contributed by atoms with Gasteiger partial charge in [0.2, 0.25) is 0 Å². The molecule has 94 valence electrons. The molecule has 0 aliphatic carbocycles. The van der Waals surface area contributed by atoms with E-state index in [4.69, 9.17) is 5.73 Å². The van der Waals surface area contributed by atoms with E-state index >= 15 is 0 Å². The van der Waals surface area contributed by atoms with Gasteiger partial charge in [0, 0.05) is 17.1 Å². The Kier molecular flexibility index (Phi) is 3.63. The highest BCUT2D eigenvalue weighted by Crippen LogP contribution is 2.21. The summed E-state index contributed by atoms with van der Waals surface area (Å²) in [5, 5.41) is 1.14. The number of carbonyl (C=O) groups is 1. The molecular weight excluding hydrogens is 224 g/mol. The molecule has 0 saturated carbocycles. The van der Waals surface area contributed by atoms with Gasteiger partial charge < -0.3 is 10.7 Å². The summed E-state index contributed by atoms with van der Waals surface area (Å²) >= 11 is 0. The van der Waals surface area contributed by atoms with Gasteiger partial charge in [0.1, 0.15) is 5.78 Å². The fourth-order valence-corrected chi connectivity index (χ4v) is 2.08. The topological polar surface area (TPSA) is 58.9 Å². The van der Waals surface area contributed by atoms with E-state index in [2.05, 4.69) is 29.8 Å². The molecule has 0 aliphatic rings. The van der Waals surface area contributed by atoms with Gasteiger partial charge in [0.05, 0.1) is 6.04 Å². The number of rotatable bonds is 5. The van der Waals surface area contributed by atoms with Crippen LogP contribution in [-0.2, 0) is 17.6 Å². The fourth-order valence-electron chi connectivity index (χ4n) is 2.08. The summed E-state index contributed by atoms with van der Waals surface area (Å²) in [6.45, 7) is 5.27. The van der Waals surface area contributed by atoms with Gasteiger partial charge in [-0.15, -0.1) is 6.58 Å². The van der Waals surface area contributed by atoms with Crippen molar-refractivity contribution in [2.24, 2.45) is 5.73 Å². The molecule has 1 atom stereocenters. The third-order valence-corrected chi connectivity index (χ3v) is 3.17. The lowest BCUT2D eigenvalue weighted by Crippen LogP contribution is -2.30. The van der Waals surface area contributed by atoms with Crippen molar-refractivity contribution in [3.63, 3.8) is 0 Å². The summed E-state index contributed by atoms with van der Waals surface area (Å²) in [4.78, 5) is 14.4. The molecule has 1 aromatic carbocycles. The van der Waals surface area contributed by atoms with Crippen molar-refractivity contribution in [3.05, 3.63) is 48.2 Å². The summed E-state index contributed by atoms with van der Waals surface area (Å²) in [6, 6.07) is 5.85. The first-order chi connectivity index (χ1) is 8.61. The number of H-pyrrole nitrogens is 1. The number of Topliss-reactive ketones (excluding diaryl/α,β-unsaturated/α-hetero) is 1. The van der Waals surface area contributed by atoms with E-state index in [0.717, 1.165) is 22.9 Å². The minimum Gasteiger partial charge on any atom is -0.361 e. The van der Waals surface area contributed by atoms with E-state index in [0.29, 0.717) is 6.42 Å². The summed E-state index contributed by atoms with van der Waals surface area (Å²) < 4.78 is 0. The van der Waals surface area contributed by atoms with Gasteiger partial charge in [-0.05, 0) is 37.0 Å². The third-order valence-electron chi connectivity index (χ3n) is 3.17. The molecule has 18 heavy (non-hydrogen) atoms. The molecule has 0 bridgehead atoms. The zero-order valence-electron chi connectivity index (χ0n) is 10.6. The highest BCUT2D eigenvalue weighted by atomic mass is 16.1. The standard InChI is InChI=1S/C15H18N2O/c1-3-4-11-5-6-13-12(8-14(16)10(2)18)9-17-15(13)7-11/h3,5-7,9,14,17H,1,4,8,16H2,2H3/t14-/m0/s1. The molecule has 0 fully saturated rings. The number of nitrogens with two attached hydrogens (primary N) is 1. The molecule has 0 amide bonds. The number of nitrogens with one attached hydrogen (secondary N) is 1. The molecule has 1 heterocycles. The highest BCUT2D eigenvalue weighted by molar-refractivity contribution is 5.86. The normalized spacial score (nSPS) is 12.6. The number of carbonyl (C=O) groups excluding carboxylic acids is 1. The van der Waals surface area contributed by atoms with Crippen LogP contribution in [0.3, 0.4) is 0 Å². The number of allylic oxidation sites excluding steroid dienone is 1. The van der Waals surface area contributed by atoms with Crippen LogP contribution in [0.5, 0.6) is 0 Å². The van der Waals surface area contributed by atoms with Crippen LogP contribution in [-0.4, -0.2) is 16.8 Å². The van der Waals surface area contributed by atoms with Crippen molar-refractivity contribution in [1.82, 2.24) is 4.98 Å². The molecular formula is C15H18N2O. The maximum Gasteiger partial charge on any atom is 0.146 e. The SMILES string of the molecule is C=CCc1ccc2c(C[C@H](N)C(C)=O)c[nH]c2c1. The van der Waals surface area contributed by atoms with Crippen LogP contribution in [0.2, 0.25) is 0 Å². The molecule has 0 aliphatic heterocycles. The Morgan fingerprint density at radius 2 is 2.33 bits per heavy atom. The van der Waals surface area contributed by atoms with Gasteiger partial charge in [-0.1, -0.05) is 18.2 Å². The summed E-state index contributed by atoms with van der Waals surface area (Å²) in [5.74, 6) is 0.0210. The molecule has 0 saturated heterocycles. The van der Waals surface area contributed by atoms with Gasteiger partial charge >= 0.3 is 0 Å². The number of hydrogen-bond donors (Lipinski definition) is 2. The van der Waals surface area contributed by atoms with Gasteiger partial charge in [-0.2, -0.15) is 0 Å². The lowest BCUT2D eigenvalue weighted by Gasteiger charge is -2.06. The van der Waals surface area contributed by atoms with Crippen LogP contribution in [0, 0.1) is 0 Å². The molecule has 2 aromatic rings. The van der Waals surface area contributed by atoms with Crippen molar-refractivity contribution in [3.8, 4) is 0 Å². The first kappa shape index (κ1) is 12.6. The molecule has 0 spiro atoms. The van der Waals surface area contributed by atoms with E-state index in [1.54, 1.807) is 0 Å². The smallest absolute Gasteiger partial charge is 0.146 e. The minimum atomic E-state index is -0.420. The first-order valence-electron chi connectivity index (χ1n) is 6.07. The Balaban J connectivity index is 2.31. The molecule has 3 N–H and O–H groups in total. The van der Waals surface area contributed by atoms with Crippen LogP contribution in [0.15, 0.2) is 37.1 Å². The average molecular weight is 242 g/mol. The van der Waals surface area contributed by atoms with Gasteiger partial charge in [0.15, 0.2) is 0 Å². The summed E-state index contributed by atoms with van der Waals surface area (Å²) in [5.41, 5.74) is 9.20. The predicted molar refractivity (Wildman–Crippen MR) is 74.6 cm³/mol. The Morgan fingerprint density at radius 1 is 1.56 bits per heavy atom. The molecule has 2 rings (SSSR count). The molecule has 3 heteroatoms. The quantitative estimate of drug-likeness (QED) is 0.791. The van der Waals surface area contributed by atoms with Crippen molar-refractivity contribution in [2.45, 2.75) is 25.8 Å². The Labute approximate surface area is 107 Å². The lowest BCUT2D eigenvalue weighted by molar-refractivity contribution is -0.118. The zero-order valence-corrected chi connectivity index (χ0v) is 10.6. The second-order valence-corrected chi connectivity index (χ2v) is 4.61. The number of hydrogen-bond acceptors (Lipinski definition) is 2. The molecule has 0 unspecified atom stereocenters. The second kappa shape index (κ2) is 5.19. The Hall–Kier alpha value is -1.87. The predicted octanol–water partition coefficient (Wildman–Crippen LogP) is 2.36. The number of ketones is 1. The Bertz CT molecular complexity index is 583. The van der Waals surface area contributed by atoms with E-state index in [1.807, 2.05) is 12.3 Å². The van der Waals surface area contributed by atoms with Crippen molar-refractivity contribution in [2.75, 3.05) is 0 Å². The van der Waals surface area contributed by atoms with Gasteiger partial charge in [0.25, 0.3) is 0 Å². The van der Waals surface area contributed by atoms with Crippen LogP contribution in [0.4, 0.5) is 0 Å². The van der Waals surface area contributed by atoms with Crippen molar-refractivity contribution >= 4 is 16.7 Å². The van der Waals surface area contributed by atoms with E-state index < -0.39 is 6.04 Å². The maximum atomic E-state index is 11.2. The number of aromatic nitrogens is 1. The fraction of sp³-hybridized carbons (Fsp3) is 0.267. The van der Waals surface area contributed by atoms with Crippen LogP contribution < -0.4 is 5.73 Å². The molecule has 0 radical (unpaired) electrons. The van der Waals surface area contributed by atoms with Gasteiger partial charge in [-0.25, -0.2) is 0 Å². The molecule has 3 nitrogen and oxygen atoms in total. The number of benzene rings is 1. The number of fused-ring (bicyclic) bond motifs is 1. The van der Waals surface area contributed by atoms with Crippen LogP contribution in [0.1, 0.15) is 18.1 Å². The maximum absolute atomic E-state index is 11.2. The summed E-state index contributed by atoms with van der Waals surface area (Å²) in [6.07, 6.45) is 5.26. The molecule has 1 aromatic heterocycles. The van der Waals surface area contributed by atoms with E-state index in [9.17, 15) is 4.79 Å². The third kappa shape index (κ3) is 2.51. The highest BCUT2D eigenvalue weighted by Gasteiger charge is 2.12. The van der Waals surface area contributed by atoms with E-state index in [-0.39, 0.29) is 5.78 Å². The monoisotopic (exact) mass is 242 g/mol. The first-order valence-corrected chi connectivity index (χ1v) is 6.07. The van der Waals surface area contributed by atoms with Crippen LogP contribution in [0.25, 0.3) is 10.9 Å². The largest absolute Gasteiger partial charge is 0.361 e. The van der Waals surface area contributed by atoms with Crippen LogP contribution >= 0.6 is 0 Å². The zero-order chi connectivity index (χ0) is 13.1. The van der Waals surface area contributed by atoms with Crippen molar-refractivity contribution < 1.29 is 4.79 Å². The second-order valence-electron chi connectivity index (χ2n) is 4.61. The summed E-state index contributed by atoms with van der Waals surface area (Å²) in [7, 11) is 0. The van der Waals surface area contributed by atoms with E-state index in [1.165, 1.54) is 12.5 Å². The minimum absolute atomic E-state index is 0.0210. The average Bonchev–Trinajstić information content (AvgIpc) is 2.72. The van der Waals surface area contributed by atoms with Gasteiger partial charge in [-0.3, -0.25) is 4.79 Å². The Morgan fingerprint density at radius 3 is 3.00 bits per heavy atom. The number of aromatic amines is 1. The lowest BCUT2D eigenvalue weighted by atomic mass is 10.0. The van der Waals surface area contributed by atoms with Crippen molar-refractivity contribution in [1.29, 1.82) is 0 Å².